The molecule has 19 heavy (non-hydrogen) atoms. The Labute approximate surface area is 125 Å². The van der Waals surface area contributed by atoms with Crippen LogP contribution in [0.2, 0.25) is 0 Å². The van der Waals surface area contributed by atoms with Gasteiger partial charge in [0.25, 0.3) is 0 Å². The molecule has 0 aliphatic carbocycles. The monoisotopic (exact) mass is 297 g/mol. The fraction of sp³-hybridized carbons (Fsp3) is 0.333. The molecule has 0 saturated carbocycles. The van der Waals surface area contributed by atoms with E-state index in [0.29, 0.717) is 6.04 Å². The second-order valence-corrected chi connectivity index (χ2v) is 5.16. The van der Waals surface area contributed by atoms with Gasteiger partial charge in [-0.2, -0.15) is 0 Å². The minimum absolute atomic E-state index is 0. The first-order chi connectivity index (χ1) is 8.83. The van der Waals surface area contributed by atoms with Crippen molar-refractivity contribution < 1.29 is 4.74 Å². The third kappa shape index (κ3) is 4.53. The van der Waals surface area contributed by atoms with Crippen LogP contribution in [0.15, 0.2) is 41.8 Å². The summed E-state index contributed by atoms with van der Waals surface area (Å²) in [7, 11) is 1.70. The van der Waals surface area contributed by atoms with Crippen molar-refractivity contribution in [3.63, 3.8) is 0 Å². The Morgan fingerprint density at radius 3 is 2.47 bits per heavy atom. The van der Waals surface area contributed by atoms with Gasteiger partial charge in [0.05, 0.1) is 7.11 Å². The summed E-state index contributed by atoms with van der Waals surface area (Å²) in [5.74, 6) is 0.912. The molecule has 2 aromatic rings. The van der Waals surface area contributed by atoms with Gasteiger partial charge in [0, 0.05) is 10.9 Å². The van der Waals surface area contributed by atoms with Crippen LogP contribution in [0.3, 0.4) is 0 Å². The number of nitrogens with one attached hydrogen (secondary N) is 1. The third-order valence-electron chi connectivity index (χ3n) is 2.94. The first kappa shape index (κ1) is 16.0. The Kier molecular flexibility index (Phi) is 6.92. The largest absolute Gasteiger partial charge is 0.497 e. The molecule has 2 nitrogen and oxygen atoms in total. The van der Waals surface area contributed by atoms with E-state index in [1.807, 2.05) is 23.5 Å². The molecule has 4 heteroatoms. The lowest BCUT2D eigenvalue weighted by atomic mass is 10.0. The summed E-state index contributed by atoms with van der Waals surface area (Å²) in [6.07, 6.45) is 1.01. The van der Waals surface area contributed by atoms with Gasteiger partial charge in [0.1, 0.15) is 5.75 Å². The van der Waals surface area contributed by atoms with Crippen molar-refractivity contribution in [3.05, 3.63) is 52.2 Å². The number of rotatable bonds is 6. The maximum Gasteiger partial charge on any atom is 0.118 e. The van der Waals surface area contributed by atoms with Crippen molar-refractivity contribution in [2.45, 2.75) is 19.4 Å². The van der Waals surface area contributed by atoms with Gasteiger partial charge >= 0.3 is 0 Å². The lowest BCUT2D eigenvalue weighted by molar-refractivity contribution is 0.414. The number of halogens is 1. The van der Waals surface area contributed by atoms with Crippen LogP contribution < -0.4 is 10.1 Å². The summed E-state index contributed by atoms with van der Waals surface area (Å²) in [6, 6.07) is 13.0. The number of methoxy groups -OCH3 is 1. The van der Waals surface area contributed by atoms with Crippen molar-refractivity contribution in [2.24, 2.45) is 0 Å². The summed E-state index contributed by atoms with van der Waals surface area (Å²) < 4.78 is 5.18. The zero-order chi connectivity index (χ0) is 12.8. The van der Waals surface area contributed by atoms with Crippen LogP contribution in [0.5, 0.6) is 5.75 Å². The number of hydrogen-bond donors (Lipinski definition) is 1. The second kappa shape index (κ2) is 8.20. The zero-order valence-electron chi connectivity index (χ0n) is 11.3. The maximum atomic E-state index is 5.18. The average molecular weight is 298 g/mol. The van der Waals surface area contributed by atoms with E-state index in [0.717, 1.165) is 18.7 Å². The average Bonchev–Trinajstić information content (AvgIpc) is 2.93. The van der Waals surface area contributed by atoms with Crippen LogP contribution in [0.4, 0.5) is 0 Å². The molecule has 0 bridgehead atoms. The quantitative estimate of drug-likeness (QED) is 0.868. The van der Waals surface area contributed by atoms with Crippen molar-refractivity contribution in [2.75, 3.05) is 13.7 Å². The van der Waals surface area contributed by atoms with E-state index in [-0.39, 0.29) is 12.4 Å². The first-order valence-electron chi connectivity index (χ1n) is 6.23. The van der Waals surface area contributed by atoms with E-state index in [9.17, 15) is 0 Å². The lowest BCUT2D eigenvalue weighted by Gasteiger charge is -2.16. The normalized spacial score (nSPS) is 11.7. The van der Waals surface area contributed by atoms with Crippen LogP contribution in [0.1, 0.15) is 23.4 Å². The Bertz CT molecular complexity index is 456. The predicted molar refractivity (Wildman–Crippen MR) is 84.7 cm³/mol. The van der Waals surface area contributed by atoms with E-state index in [1.165, 1.54) is 10.4 Å². The Morgan fingerprint density at radius 1 is 1.21 bits per heavy atom. The molecule has 0 aliphatic heterocycles. The SMILES string of the molecule is CCNC(Cc1ccc(OC)cc1)c1cccs1.Cl. The topological polar surface area (TPSA) is 21.3 Å². The molecule has 0 saturated heterocycles. The highest BCUT2D eigenvalue weighted by atomic mass is 35.5. The molecule has 0 amide bonds. The molecule has 0 aliphatic rings. The molecule has 0 radical (unpaired) electrons. The van der Waals surface area contributed by atoms with Gasteiger partial charge in [-0.25, -0.2) is 0 Å². The summed E-state index contributed by atoms with van der Waals surface area (Å²) in [4.78, 5) is 1.40. The second-order valence-electron chi connectivity index (χ2n) is 4.18. The van der Waals surface area contributed by atoms with Crippen molar-refractivity contribution in [3.8, 4) is 5.75 Å². The van der Waals surface area contributed by atoms with Crippen LogP contribution in [0, 0.1) is 0 Å². The Hall–Kier alpha value is -1.03. The van der Waals surface area contributed by atoms with Gasteiger partial charge < -0.3 is 10.1 Å². The number of likely N-dealkylation sites (N-methyl/N-ethyl adjacent to an activating group) is 1. The highest BCUT2D eigenvalue weighted by Crippen LogP contribution is 2.23. The smallest absolute Gasteiger partial charge is 0.118 e. The Balaban J connectivity index is 0.00000180. The molecule has 0 fully saturated rings. The fourth-order valence-electron chi connectivity index (χ4n) is 2.01. The summed E-state index contributed by atoms with van der Waals surface area (Å²) >= 11 is 1.81. The molecule has 1 aromatic heterocycles. The van der Waals surface area contributed by atoms with Crippen molar-refractivity contribution in [1.82, 2.24) is 5.32 Å². The molecule has 2 rings (SSSR count). The van der Waals surface area contributed by atoms with Gasteiger partial charge in [0.2, 0.25) is 0 Å². The molecule has 1 aromatic carbocycles. The van der Waals surface area contributed by atoms with Crippen LogP contribution in [-0.2, 0) is 6.42 Å². The summed E-state index contributed by atoms with van der Waals surface area (Å²) in [5.41, 5.74) is 1.33. The van der Waals surface area contributed by atoms with Crippen LogP contribution in [-0.4, -0.2) is 13.7 Å². The number of thiophene rings is 1. The maximum absolute atomic E-state index is 5.18. The highest BCUT2D eigenvalue weighted by molar-refractivity contribution is 7.10. The predicted octanol–water partition coefficient (Wildman–Crippen LogP) is 4.07. The van der Waals surface area contributed by atoms with E-state index in [2.05, 4.69) is 41.9 Å². The minimum atomic E-state index is 0. The summed E-state index contributed by atoms with van der Waals surface area (Å²) in [5, 5.41) is 5.67. The van der Waals surface area contributed by atoms with Gasteiger partial charge in [-0.15, -0.1) is 23.7 Å². The molecule has 1 unspecified atom stereocenters. The summed E-state index contributed by atoms with van der Waals surface area (Å²) in [6.45, 7) is 3.13. The minimum Gasteiger partial charge on any atom is -0.497 e. The zero-order valence-corrected chi connectivity index (χ0v) is 12.9. The van der Waals surface area contributed by atoms with Crippen molar-refractivity contribution in [1.29, 1.82) is 0 Å². The lowest BCUT2D eigenvalue weighted by Crippen LogP contribution is -2.22. The van der Waals surface area contributed by atoms with E-state index in [1.54, 1.807) is 7.11 Å². The van der Waals surface area contributed by atoms with Gasteiger partial charge in [-0.3, -0.25) is 0 Å². The molecule has 1 N–H and O–H groups in total. The number of ether oxygens (including phenoxy) is 1. The van der Waals surface area contributed by atoms with Crippen molar-refractivity contribution >= 4 is 23.7 Å². The Morgan fingerprint density at radius 2 is 1.95 bits per heavy atom. The van der Waals surface area contributed by atoms with E-state index < -0.39 is 0 Å². The van der Waals surface area contributed by atoms with E-state index in [4.69, 9.17) is 4.74 Å². The van der Waals surface area contributed by atoms with E-state index >= 15 is 0 Å². The number of benzene rings is 1. The fourth-order valence-corrected chi connectivity index (χ4v) is 2.81. The highest BCUT2D eigenvalue weighted by Gasteiger charge is 2.11. The van der Waals surface area contributed by atoms with Gasteiger partial charge in [-0.1, -0.05) is 25.1 Å². The standard InChI is InChI=1S/C15H19NOS.ClH/c1-3-16-14(15-5-4-10-18-15)11-12-6-8-13(17-2)9-7-12;/h4-10,14,16H,3,11H2,1-2H3;1H. The van der Waals surface area contributed by atoms with Crippen LogP contribution in [0.25, 0.3) is 0 Å². The third-order valence-corrected chi connectivity index (χ3v) is 3.92. The molecule has 0 spiro atoms. The molecular formula is C15H20ClNOS. The van der Waals surface area contributed by atoms with Crippen LogP contribution >= 0.6 is 23.7 Å². The molecular weight excluding hydrogens is 278 g/mol. The van der Waals surface area contributed by atoms with Gasteiger partial charge in [0.15, 0.2) is 0 Å². The molecule has 104 valence electrons. The molecule has 1 heterocycles. The van der Waals surface area contributed by atoms with Gasteiger partial charge in [-0.05, 0) is 42.1 Å². The molecule has 1 atom stereocenters. The number of hydrogen-bond acceptors (Lipinski definition) is 3. The first-order valence-corrected chi connectivity index (χ1v) is 7.11.